The van der Waals surface area contributed by atoms with Crippen LogP contribution >= 0.6 is 0 Å². The highest BCUT2D eigenvalue weighted by molar-refractivity contribution is 6.14. The Labute approximate surface area is 205 Å². The van der Waals surface area contributed by atoms with Gasteiger partial charge >= 0.3 is 0 Å². The summed E-state index contributed by atoms with van der Waals surface area (Å²) in [6.07, 6.45) is 3.87. The number of likely N-dealkylation sites (tertiary alicyclic amines) is 1. The van der Waals surface area contributed by atoms with Crippen LogP contribution in [0.25, 0.3) is 0 Å². The third-order valence-electron chi connectivity index (χ3n) is 7.26. The van der Waals surface area contributed by atoms with Gasteiger partial charge in [-0.25, -0.2) is 0 Å². The van der Waals surface area contributed by atoms with Crippen LogP contribution in [0, 0.1) is 11.8 Å². The second kappa shape index (κ2) is 9.92. The Hall–Kier alpha value is -3.65. The number of nitrogens with one attached hydrogen (secondary N) is 1. The first-order valence-corrected chi connectivity index (χ1v) is 12.2. The summed E-state index contributed by atoms with van der Waals surface area (Å²) >= 11 is 0. The SMILES string of the molecule is C=CC(=O)N1CCC([C@@H]2CCNC3C(C(N)=O)C(c4ccc(Oc5ccccc5)cc4)=NN32)CC1. The molecule has 35 heavy (non-hydrogen) atoms. The number of rotatable bonds is 6. The first kappa shape index (κ1) is 23.1. The van der Waals surface area contributed by atoms with E-state index in [4.69, 9.17) is 15.6 Å². The van der Waals surface area contributed by atoms with E-state index in [0.29, 0.717) is 17.4 Å². The van der Waals surface area contributed by atoms with E-state index in [0.717, 1.165) is 50.2 Å². The van der Waals surface area contributed by atoms with Gasteiger partial charge in [0, 0.05) is 13.1 Å². The summed E-state index contributed by atoms with van der Waals surface area (Å²) in [6.45, 7) is 5.84. The van der Waals surface area contributed by atoms with Gasteiger partial charge in [0.25, 0.3) is 0 Å². The highest BCUT2D eigenvalue weighted by atomic mass is 16.5. The zero-order chi connectivity index (χ0) is 24.4. The lowest BCUT2D eigenvalue weighted by molar-refractivity contribution is -0.128. The predicted molar refractivity (Wildman–Crippen MR) is 134 cm³/mol. The van der Waals surface area contributed by atoms with Gasteiger partial charge in [0.15, 0.2) is 0 Å². The van der Waals surface area contributed by atoms with Crippen molar-refractivity contribution in [1.82, 2.24) is 15.2 Å². The van der Waals surface area contributed by atoms with Crippen LogP contribution < -0.4 is 15.8 Å². The highest BCUT2D eigenvalue weighted by Crippen LogP contribution is 2.36. The smallest absolute Gasteiger partial charge is 0.245 e. The van der Waals surface area contributed by atoms with E-state index < -0.39 is 5.92 Å². The summed E-state index contributed by atoms with van der Waals surface area (Å²) in [6, 6.07) is 17.4. The minimum absolute atomic E-state index is 0.0124. The maximum atomic E-state index is 12.6. The predicted octanol–water partition coefficient (Wildman–Crippen LogP) is 2.71. The number of nitrogens with zero attached hydrogens (tertiary/aromatic N) is 3. The molecular weight excluding hydrogens is 442 g/mol. The summed E-state index contributed by atoms with van der Waals surface area (Å²) in [5.74, 6) is 0.928. The lowest BCUT2D eigenvalue weighted by atomic mass is 9.84. The second-order valence-electron chi connectivity index (χ2n) is 9.31. The van der Waals surface area contributed by atoms with Gasteiger partial charge in [-0.3, -0.25) is 19.9 Å². The van der Waals surface area contributed by atoms with Crippen molar-refractivity contribution in [3.63, 3.8) is 0 Å². The molecule has 8 heteroatoms. The molecule has 2 aromatic rings. The molecule has 0 saturated carbocycles. The molecule has 0 bridgehead atoms. The first-order valence-electron chi connectivity index (χ1n) is 12.2. The molecule has 3 atom stereocenters. The largest absolute Gasteiger partial charge is 0.457 e. The number of fused-ring (bicyclic) bond motifs is 1. The van der Waals surface area contributed by atoms with Crippen LogP contribution in [-0.4, -0.2) is 59.3 Å². The van der Waals surface area contributed by atoms with E-state index in [1.807, 2.05) is 59.5 Å². The molecule has 3 heterocycles. The quantitative estimate of drug-likeness (QED) is 0.629. The van der Waals surface area contributed by atoms with Crippen LogP contribution in [0.4, 0.5) is 0 Å². The molecule has 3 aliphatic heterocycles. The van der Waals surface area contributed by atoms with Gasteiger partial charge in [-0.1, -0.05) is 24.8 Å². The number of benzene rings is 2. The molecule has 2 saturated heterocycles. The molecule has 0 spiro atoms. The van der Waals surface area contributed by atoms with Gasteiger partial charge < -0.3 is 15.4 Å². The fourth-order valence-corrected chi connectivity index (χ4v) is 5.49. The molecule has 8 nitrogen and oxygen atoms in total. The molecular formula is C27H31N5O3. The molecule has 182 valence electrons. The van der Waals surface area contributed by atoms with Crippen molar-refractivity contribution in [2.24, 2.45) is 22.7 Å². The standard InChI is InChI=1S/C27H31N5O3/c1-2-23(33)31-16-13-18(14-17-31)22-12-15-29-27-24(26(28)34)25(30-32(22)27)19-8-10-21(11-9-19)35-20-6-4-3-5-7-20/h2-11,18,22,24,27,29H,1,12-17H2,(H2,28,34)/t22-,24?,27?/m0/s1. The maximum absolute atomic E-state index is 12.6. The van der Waals surface area contributed by atoms with E-state index in [1.165, 1.54) is 6.08 Å². The van der Waals surface area contributed by atoms with Crippen LogP contribution in [-0.2, 0) is 9.59 Å². The molecule has 0 radical (unpaired) electrons. The lowest BCUT2D eigenvalue weighted by Gasteiger charge is -2.44. The third kappa shape index (κ3) is 4.66. The molecule has 3 aliphatic rings. The molecule has 2 unspecified atom stereocenters. The normalized spacial score (nSPS) is 24.5. The summed E-state index contributed by atoms with van der Waals surface area (Å²) in [4.78, 5) is 26.4. The van der Waals surface area contributed by atoms with Gasteiger partial charge in [0.1, 0.15) is 23.6 Å². The molecule has 0 aromatic heterocycles. The number of para-hydroxylation sites is 1. The van der Waals surface area contributed by atoms with Crippen molar-refractivity contribution in [3.8, 4) is 11.5 Å². The lowest BCUT2D eigenvalue weighted by Crippen LogP contribution is -2.59. The van der Waals surface area contributed by atoms with Crippen molar-refractivity contribution in [1.29, 1.82) is 0 Å². The van der Waals surface area contributed by atoms with Crippen LogP contribution in [0.1, 0.15) is 24.8 Å². The third-order valence-corrected chi connectivity index (χ3v) is 7.26. The summed E-state index contributed by atoms with van der Waals surface area (Å²) in [7, 11) is 0. The molecule has 5 rings (SSSR count). The van der Waals surface area contributed by atoms with E-state index in [1.54, 1.807) is 0 Å². The number of nitrogens with two attached hydrogens (primary N) is 1. The van der Waals surface area contributed by atoms with Crippen molar-refractivity contribution in [3.05, 3.63) is 72.8 Å². The number of hydrazone groups is 1. The first-order chi connectivity index (χ1) is 17.0. The average molecular weight is 474 g/mol. The van der Waals surface area contributed by atoms with Crippen molar-refractivity contribution < 1.29 is 14.3 Å². The number of ether oxygens (including phenoxy) is 1. The molecule has 2 aromatic carbocycles. The number of amides is 2. The van der Waals surface area contributed by atoms with Gasteiger partial charge in [-0.05, 0) is 79.8 Å². The van der Waals surface area contributed by atoms with Gasteiger partial charge in [0.2, 0.25) is 11.8 Å². The summed E-state index contributed by atoms with van der Waals surface area (Å²) in [5, 5.41) is 10.5. The topological polar surface area (TPSA) is 100 Å². The van der Waals surface area contributed by atoms with E-state index in [2.05, 4.69) is 16.9 Å². The summed E-state index contributed by atoms with van der Waals surface area (Å²) < 4.78 is 5.91. The number of primary amides is 1. The highest BCUT2D eigenvalue weighted by Gasteiger charge is 2.47. The molecule has 2 fully saturated rings. The Bertz CT molecular complexity index is 1110. The zero-order valence-corrected chi connectivity index (χ0v) is 19.7. The minimum Gasteiger partial charge on any atom is -0.457 e. The van der Waals surface area contributed by atoms with Crippen molar-refractivity contribution in [2.75, 3.05) is 19.6 Å². The Morgan fingerprint density at radius 2 is 1.71 bits per heavy atom. The monoisotopic (exact) mass is 473 g/mol. The molecule has 2 amide bonds. The minimum atomic E-state index is -0.541. The van der Waals surface area contributed by atoms with Crippen molar-refractivity contribution in [2.45, 2.75) is 31.5 Å². The van der Waals surface area contributed by atoms with Gasteiger partial charge in [-0.2, -0.15) is 5.10 Å². The molecule has 0 aliphatic carbocycles. The van der Waals surface area contributed by atoms with Gasteiger partial charge in [-0.15, -0.1) is 0 Å². The van der Waals surface area contributed by atoms with Crippen LogP contribution in [0.5, 0.6) is 11.5 Å². The Morgan fingerprint density at radius 3 is 2.37 bits per heavy atom. The Morgan fingerprint density at radius 1 is 1.03 bits per heavy atom. The number of carbonyl (C=O) groups excluding carboxylic acids is 2. The van der Waals surface area contributed by atoms with Crippen molar-refractivity contribution >= 4 is 17.5 Å². The number of carbonyl (C=O) groups is 2. The molecule has 3 N–H and O–H groups in total. The number of piperidine rings is 1. The summed E-state index contributed by atoms with van der Waals surface area (Å²) in [5.41, 5.74) is 7.44. The maximum Gasteiger partial charge on any atom is 0.245 e. The van der Waals surface area contributed by atoms with Gasteiger partial charge in [0.05, 0.1) is 11.8 Å². The Balaban J connectivity index is 1.35. The van der Waals surface area contributed by atoms with Crippen LogP contribution in [0.15, 0.2) is 72.4 Å². The number of hydrogen-bond donors (Lipinski definition) is 2. The fourth-order valence-electron chi connectivity index (χ4n) is 5.49. The fraction of sp³-hybridized carbons (Fsp3) is 0.370. The van der Waals surface area contributed by atoms with E-state index in [9.17, 15) is 9.59 Å². The average Bonchev–Trinajstić information content (AvgIpc) is 3.29. The second-order valence-corrected chi connectivity index (χ2v) is 9.31. The number of hydrogen-bond acceptors (Lipinski definition) is 6. The van der Waals surface area contributed by atoms with E-state index >= 15 is 0 Å². The van der Waals surface area contributed by atoms with Crippen LogP contribution in [0.3, 0.4) is 0 Å². The van der Waals surface area contributed by atoms with Crippen LogP contribution in [0.2, 0.25) is 0 Å². The Kier molecular flexibility index (Phi) is 6.55. The zero-order valence-electron chi connectivity index (χ0n) is 19.7. The van der Waals surface area contributed by atoms with E-state index in [-0.39, 0.29) is 24.0 Å².